The second-order valence-electron chi connectivity index (χ2n) is 5.21. The van der Waals surface area contributed by atoms with Gasteiger partial charge in [-0.2, -0.15) is 0 Å². The highest BCUT2D eigenvalue weighted by Gasteiger charge is 2.25. The van der Waals surface area contributed by atoms with E-state index in [2.05, 4.69) is 42.1 Å². The highest BCUT2D eigenvalue weighted by Crippen LogP contribution is 2.32. The Morgan fingerprint density at radius 3 is 2.85 bits per heavy atom. The van der Waals surface area contributed by atoms with Crippen molar-refractivity contribution in [3.05, 3.63) is 11.9 Å². The Bertz CT molecular complexity index is 428. The third-order valence-electron chi connectivity index (χ3n) is 3.36. The molecule has 0 radical (unpaired) electrons. The maximum absolute atomic E-state index is 5.63. The molecule has 0 aromatic carbocycles. The molecule has 1 N–H and O–H groups in total. The van der Waals surface area contributed by atoms with Crippen LogP contribution >= 0.6 is 11.8 Å². The topological polar surface area (TPSA) is 47.0 Å². The van der Waals surface area contributed by atoms with Crippen molar-refractivity contribution in [3.63, 3.8) is 0 Å². The number of anilines is 1. The van der Waals surface area contributed by atoms with Crippen molar-refractivity contribution in [1.82, 2.24) is 9.97 Å². The van der Waals surface area contributed by atoms with Crippen LogP contribution in [0.4, 0.5) is 5.82 Å². The van der Waals surface area contributed by atoms with E-state index in [0.29, 0.717) is 11.4 Å². The van der Waals surface area contributed by atoms with Crippen molar-refractivity contribution in [3.8, 4) is 0 Å². The molecule has 1 fully saturated rings. The van der Waals surface area contributed by atoms with E-state index in [1.165, 1.54) is 0 Å². The summed E-state index contributed by atoms with van der Waals surface area (Å²) in [7, 11) is 0. The summed E-state index contributed by atoms with van der Waals surface area (Å²) < 4.78 is 5.63. The van der Waals surface area contributed by atoms with Gasteiger partial charge in [-0.05, 0) is 26.2 Å². The van der Waals surface area contributed by atoms with E-state index in [0.717, 1.165) is 55.5 Å². The maximum Gasteiger partial charge on any atom is 0.132 e. The Morgan fingerprint density at radius 2 is 2.20 bits per heavy atom. The molecule has 1 aliphatic rings. The number of hydrogen-bond donors (Lipinski definition) is 1. The smallest absolute Gasteiger partial charge is 0.132 e. The van der Waals surface area contributed by atoms with Gasteiger partial charge in [-0.3, -0.25) is 0 Å². The molecule has 0 amide bonds. The molecular weight excluding hydrogens is 270 g/mol. The molecule has 1 saturated heterocycles. The molecule has 0 bridgehead atoms. The SMILES string of the molecule is CCCNc1cc(SC2CCOC2C)nc(CCC)n1. The molecule has 1 aromatic rings. The second kappa shape index (κ2) is 7.84. The van der Waals surface area contributed by atoms with Gasteiger partial charge in [0.2, 0.25) is 0 Å². The molecule has 0 spiro atoms. The average Bonchev–Trinajstić information content (AvgIpc) is 2.82. The predicted molar refractivity (Wildman–Crippen MR) is 84.5 cm³/mol. The van der Waals surface area contributed by atoms with Gasteiger partial charge in [0.15, 0.2) is 0 Å². The van der Waals surface area contributed by atoms with E-state index in [1.807, 2.05) is 11.8 Å². The van der Waals surface area contributed by atoms with Crippen LogP contribution in [0.1, 0.15) is 45.9 Å². The van der Waals surface area contributed by atoms with Crippen LogP contribution < -0.4 is 5.32 Å². The first-order valence-corrected chi connectivity index (χ1v) is 8.51. The lowest BCUT2D eigenvalue weighted by Crippen LogP contribution is -2.14. The lowest BCUT2D eigenvalue weighted by molar-refractivity contribution is 0.127. The molecule has 2 atom stereocenters. The molecule has 1 aromatic heterocycles. The molecule has 2 rings (SSSR count). The van der Waals surface area contributed by atoms with Gasteiger partial charge >= 0.3 is 0 Å². The minimum atomic E-state index is 0.316. The molecular formula is C15H25N3OS. The van der Waals surface area contributed by atoms with Crippen molar-refractivity contribution in [1.29, 1.82) is 0 Å². The normalized spacial score (nSPS) is 22.1. The summed E-state index contributed by atoms with van der Waals surface area (Å²) in [5.41, 5.74) is 0. The van der Waals surface area contributed by atoms with Crippen molar-refractivity contribution in [2.45, 2.75) is 62.8 Å². The quantitative estimate of drug-likeness (QED) is 0.780. The van der Waals surface area contributed by atoms with Crippen molar-refractivity contribution in [2.75, 3.05) is 18.5 Å². The largest absolute Gasteiger partial charge is 0.377 e. The summed E-state index contributed by atoms with van der Waals surface area (Å²) >= 11 is 1.83. The number of aryl methyl sites for hydroxylation is 1. The van der Waals surface area contributed by atoms with E-state index in [1.54, 1.807) is 0 Å². The molecule has 0 saturated carbocycles. The highest BCUT2D eigenvalue weighted by molar-refractivity contribution is 7.99. The number of nitrogens with one attached hydrogen (secondary N) is 1. The van der Waals surface area contributed by atoms with Crippen LogP contribution in [0, 0.1) is 0 Å². The standard InChI is InChI=1S/C15H25N3OS/c1-4-6-13-17-14(16-8-5-2)10-15(18-13)20-12-7-9-19-11(12)3/h10-12H,4-9H2,1-3H3,(H,16,17,18). The number of hydrogen-bond acceptors (Lipinski definition) is 5. The number of ether oxygens (including phenoxy) is 1. The van der Waals surface area contributed by atoms with E-state index < -0.39 is 0 Å². The number of thioether (sulfide) groups is 1. The molecule has 2 heterocycles. The minimum absolute atomic E-state index is 0.316. The van der Waals surface area contributed by atoms with E-state index in [-0.39, 0.29) is 0 Å². The van der Waals surface area contributed by atoms with Crippen LogP contribution in [0.2, 0.25) is 0 Å². The molecule has 2 unspecified atom stereocenters. The third-order valence-corrected chi connectivity index (χ3v) is 4.73. The van der Waals surface area contributed by atoms with Gasteiger partial charge in [0.1, 0.15) is 16.7 Å². The number of rotatable bonds is 7. The van der Waals surface area contributed by atoms with Crippen molar-refractivity contribution in [2.24, 2.45) is 0 Å². The zero-order chi connectivity index (χ0) is 14.4. The summed E-state index contributed by atoms with van der Waals surface area (Å²) in [4.78, 5) is 9.27. The summed E-state index contributed by atoms with van der Waals surface area (Å²) in [5, 5.41) is 4.96. The fourth-order valence-corrected chi connectivity index (χ4v) is 3.37. The summed E-state index contributed by atoms with van der Waals surface area (Å²) in [6, 6.07) is 2.07. The lowest BCUT2D eigenvalue weighted by Gasteiger charge is -2.14. The van der Waals surface area contributed by atoms with Gasteiger partial charge in [0.25, 0.3) is 0 Å². The Hall–Kier alpha value is -0.810. The first-order chi connectivity index (χ1) is 9.72. The number of nitrogens with zero attached hydrogens (tertiary/aromatic N) is 2. The fourth-order valence-electron chi connectivity index (χ4n) is 2.23. The van der Waals surface area contributed by atoms with Gasteiger partial charge in [0.05, 0.1) is 6.10 Å². The first kappa shape index (κ1) is 15.6. The first-order valence-electron chi connectivity index (χ1n) is 7.63. The highest BCUT2D eigenvalue weighted by atomic mass is 32.2. The minimum Gasteiger partial charge on any atom is -0.377 e. The zero-order valence-corrected chi connectivity index (χ0v) is 13.5. The number of aromatic nitrogens is 2. The van der Waals surface area contributed by atoms with Gasteiger partial charge in [-0.25, -0.2) is 9.97 Å². The Labute approximate surface area is 126 Å². The predicted octanol–water partition coefficient (Wildman–Crippen LogP) is 3.52. The summed E-state index contributed by atoms with van der Waals surface area (Å²) in [6.07, 6.45) is 4.53. The second-order valence-corrected chi connectivity index (χ2v) is 6.46. The Kier molecular flexibility index (Phi) is 6.10. The van der Waals surface area contributed by atoms with Gasteiger partial charge in [-0.15, -0.1) is 11.8 Å². The lowest BCUT2D eigenvalue weighted by atomic mass is 10.3. The van der Waals surface area contributed by atoms with Gasteiger partial charge in [0, 0.05) is 30.9 Å². The van der Waals surface area contributed by atoms with Crippen LogP contribution in [0.3, 0.4) is 0 Å². The summed E-state index contributed by atoms with van der Waals surface area (Å²) in [5.74, 6) is 1.90. The van der Waals surface area contributed by atoms with Crippen LogP contribution in [0.25, 0.3) is 0 Å². The molecule has 5 heteroatoms. The maximum atomic E-state index is 5.63. The monoisotopic (exact) mass is 295 g/mol. The van der Waals surface area contributed by atoms with Gasteiger partial charge < -0.3 is 10.1 Å². The van der Waals surface area contributed by atoms with Gasteiger partial charge in [-0.1, -0.05) is 13.8 Å². The Balaban J connectivity index is 2.10. The van der Waals surface area contributed by atoms with Crippen molar-refractivity contribution < 1.29 is 4.74 Å². The third kappa shape index (κ3) is 4.35. The average molecular weight is 295 g/mol. The van der Waals surface area contributed by atoms with E-state index in [9.17, 15) is 0 Å². The molecule has 20 heavy (non-hydrogen) atoms. The molecule has 4 nitrogen and oxygen atoms in total. The Morgan fingerprint density at radius 1 is 1.35 bits per heavy atom. The zero-order valence-electron chi connectivity index (χ0n) is 12.7. The molecule has 112 valence electrons. The molecule has 1 aliphatic heterocycles. The van der Waals surface area contributed by atoms with Crippen LogP contribution in [-0.4, -0.2) is 34.5 Å². The van der Waals surface area contributed by atoms with E-state index >= 15 is 0 Å². The van der Waals surface area contributed by atoms with E-state index in [4.69, 9.17) is 4.74 Å². The summed E-state index contributed by atoms with van der Waals surface area (Å²) in [6.45, 7) is 8.29. The molecule has 0 aliphatic carbocycles. The van der Waals surface area contributed by atoms with Crippen molar-refractivity contribution >= 4 is 17.6 Å². The van der Waals surface area contributed by atoms with Crippen LogP contribution in [-0.2, 0) is 11.2 Å². The van der Waals surface area contributed by atoms with Crippen LogP contribution in [0.15, 0.2) is 11.1 Å². The van der Waals surface area contributed by atoms with Crippen LogP contribution in [0.5, 0.6) is 0 Å². The fraction of sp³-hybridized carbons (Fsp3) is 0.733.